The highest BCUT2D eigenvalue weighted by molar-refractivity contribution is 5.48. The van der Waals surface area contributed by atoms with Gasteiger partial charge in [-0.2, -0.15) is 0 Å². The molecule has 0 aliphatic rings. The van der Waals surface area contributed by atoms with Gasteiger partial charge in [0.05, 0.1) is 19.8 Å². The highest BCUT2D eigenvalue weighted by Crippen LogP contribution is 2.28. The molecule has 0 atom stereocenters. The number of ether oxygens (including phenoxy) is 2. The summed E-state index contributed by atoms with van der Waals surface area (Å²) in [5, 5.41) is 0. The van der Waals surface area contributed by atoms with Crippen LogP contribution in [0.25, 0.3) is 0 Å². The van der Waals surface area contributed by atoms with Gasteiger partial charge in [0, 0.05) is 5.56 Å². The molecule has 0 aliphatic heterocycles. The van der Waals surface area contributed by atoms with Crippen molar-refractivity contribution in [3.63, 3.8) is 0 Å². The fraction of sp³-hybridized carbons (Fsp3) is 0.467. The molecule has 3 heteroatoms. The molecular formula is C15H21NO2. The molecule has 0 fully saturated rings. The largest absolute Gasteiger partial charge is 0.490 e. The number of hydrogen-bond donors (Lipinski definition) is 1. The standard InChI is InChI=1S/C15H21NO2/c1-3-10-17-14-8-7-13(6-5-9-16)12-15(14)18-11-4-2/h7-8,12H,3-4,9-11,16H2,1-2H3. The Balaban J connectivity index is 2.88. The van der Waals surface area contributed by atoms with Crippen LogP contribution >= 0.6 is 0 Å². The van der Waals surface area contributed by atoms with Crippen LogP contribution in [0.4, 0.5) is 0 Å². The second kappa shape index (κ2) is 8.43. The summed E-state index contributed by atoms with van der Waals surface area (Å²) in [4.78, 5) is 0. The van der Waals surface area contributed by atoms with Gasteiger partial charge in [-0.1, -0.05) is 25.7 Å². The Morgan fingerprint density at radius 3 is 2.33 bits per heavy atom. The lowest BCUT2D eigenvalue weighted by molar-refractivity contribution is 0.268. The molecule has 2 N–H and O–H groups in total. The minimum atomic E-state index is 0.360. The first kappa shape index (κ1) is 14.4. The van der Waals surface area contributed by atoms with Crippen LogP contribution in [-0.2, 0) is 0 Å². The topological polar surface area (TPSA) is 44.5 Å². The summed E-state index contributed by atoms with van der Waals surface area (Å²) in [5.41, 5.74) is 6.26. The van der Waals surface area contributed by atoms with Crippen LogP contribution < -0.4 is 15.2 Å². The van der Waals surface area contributed by atoms with Gasteiger partial charge in [-0.3, -0.25) is 0 Å². The molecule has 0 aliphatic carbocycles. The van der Waals surface area contributed by atoms with E-state index in [9.17, 15) is 0 Å². The van der Waals surface area contributed by atoms with Crippen LogP contribution in [0.1, 0.15) is 32.3 Å². The summed E-state index contributed by atoms with van der Waals surface area (Å²) >= 11 is 0. The van der Waals surface area contributed by atoms with E-state index >= 15 is 0 Å². The number of rotatable bonds is 6. The molecule has 3 nitrogen and oxygen atoms in total. The molecular weight excluding hydrogens is 226 g/mol. The van der Waals surface area contributed by atoms with Crippen molar-refractivity contribution in [1.82, 2.24) is 0 Å². The van der Waals surface area contributed by atoms with E-state index in [1.165, 1.54) is 0 Å². The molecule has 0 spiro atoms. The molecule has 0 aromatic heterocycles. The normalized spacial score (nSPS) is 9.50. The van der Waals surface area contributed by atoms with E-state index in [0.717, 1.165) is 29.9 Å². The molecule has 98 valence electrons. The van der Waals surface area contributed by atoms with E-state index in [1.54, 1.807) is 0 Å². The predicted octanol–water partition coefficient (Wildman–Crippen LogP) is 2.57. The lowest BCUT2D eigenvalue weighted by atomic mass is 10.2. The van der Waals surface area contributed by atoms with E-state index in [0.29, 0.717) is 19.8 Å². The second-order valence-electron chi connectivity index (χ2n) is 3.86. The molecule has 0 amide bonds. The summed E-state index contributed by atoms with van der Waals surface area (Å²) < 4.78 is 11.3. The highest BCUT2D eigenvalue weighted by atomic mass is 16.5. The summed E-state index contributed by atoms with van der Waals surface area (Å²) in [6.07, 6.45) is 1.94. The van der Waals surface area contributed by atoms with Gasteiger partial charge < -0.3 is 15.2 Å². The van der Waals surface area contributed by atoms with Crippen molar-refractivity contribution in [3.8, 4) is 23.3 Å². The van der Waals surface area contributed by atoms with E-state index < -0.39 is 0 Å². The first-order valence-corrected chi connectivity index (χ1v) is 6.40. The summed E-state index contributed by atoms with van der Waals surface area (Å²) in [5.74, 6) is 7.37. The Morgan fingerprint density at radius 2 is 1.72 bits per heavy atom. The van der Waals surface area contributed by atoms with Crippen LogP contribution in [0.2, 0.25) is 0 Å². The van der Waals surface area contributed by atoms with Crippen LogP contribution in [0.5, 0.6) is 11.5 Å². The third-order valence-electron chi connectivity index (χ3n) is 2.20. The number of benzene rings is 1. The van der Waals surface area contributed by atoms with Crippen molar-refractivity contribution < 1.29 is 9.47 Å². The molecule has 0 bridgehead atoms. The van der Waals surface area contributed by atoms with E-state index in [4.69, 9.17) is 15.2 Å². The average Bonchev–Trinajstić information content (AvgIpc) is 2.41. The Morgan fingerprint density at radius 1 is 1.06 bits per heavy atom. The summed E-state index contributed by atoms with van der Waals surface area (Å²) in [7, 11) is 0. The summed E-state index contributed by atoms with van der Waals surface area (Å²) in [6.45, 7) is 5.88. The van der Waals surface area contributed by atoms with Crippen molar-refractivity contribution >= 4 is 0 Å². The second-order valence-corrected chi connectivity index (χ2v) is 3.86. The summed E-state index contributed by atoms with van der Waals surface area (Å²) in [6, 6.07) is 5.73. The van der Waals surface area contributed by atoms with Crippen molar-refractivity contribution in [2.24, 2.45) is 5.73 Å². The van der Waals surface area contributed by atoms with Crippen LogP contribution in [0, 0.1) is 11.8 Å². The van der Waals surface area contributed by atoms with Crippen LogP contribution in [0.3, 0.4) is 0 Å². The molecule has 0 heterocycles. The fourth-order valence-electron chi connectivity index (χ4n) is 1.39. The number of nitrogens with two attached hydrogens (primary N) is 1. The Labute approximate surface area is 109 Å². The number of hydrogen-bond acceptors (Lipinski definition) is 3. The maximum absolute atomic E-state index is 5.68. The Bertz CT molecular complexity index is 418. The fourth-order valence-corrected chi connectivity index (χ4v) is 1.39. The first-order valence-electron chi connectivity index (χ1n) is 6.40. The molecule has 1 aromatic rings. The quantitative estimate of drug-likeness (QED) is 0.786. The Hall–Kier alpha value is -1.66. The van der Waals surface area contributed by atoms with Gasteiger partial charge in [0.15, 0.2) is 11.5 Å². The lowest BCUT2D eigenvalue weighted by Crippen LogP contribution is -2.01. The zero-order chi connectivity index (χ0) is 13.2. The maximum Gasteiger partial charge on any atom is 0.162 e. The maximum atomic E-state index is 5.68. The SMILES string of the molecule is CCCOc1ccc(C#CCN)cc1OCCC. The van der Waals surface area contributed by atoms with Gasteiger partial charge >= 0.3 is 0 Å². The van der Waals surface area contributed by atoms with Crippen molar-refractivity contribution in [2.75, 3.05) is 19.8 Å². The van der Waals surface area contributed by atoms with Gasteiger partial charge in [-0.05, 0) is 31.0 Å². The molecule has 18 heavy (non-hydrogen) atoms. The molecule has 0 radical (unpaired) electrons. The molecule has 0 saturated carbocycles. The van der Waals surface area contributed by atoms with Crippen LogP contribution in [-0.4, -0.2) is 19.8 Å². The van der Waals surface area contributed by atoms with Gasteiger partial charge in [0.25, 0.3) is 0 Å². The monoisotopic (exact) mass is 247 g/mol. The van der Waals surface area contributed by atoms with Crippen molar-refractivity contribution in [2.45, 2.75) is 26.7 Å². The van der Waals surface area contributed by atoms with E-state index in [1.807, 2.05) is 18.2 Å². The minimum Gasteiger partial charge on any atom is -0.490 e. The van der Waals surface area contributed by atoms with E-state index in [2.05, 4.69) is 25.7 Å². The zero-order valence-corrected chi connectivity index (χ0v) is 11.2. The smallest absolute Gasteiger partial charge is 0.162 e. The van der Waals surface area contributed by atoms with Crippen LogP contribution in [0.15, 0.2) is 18.2 Å². The predicted molar refractivity (Wildman–Crippen MR) is 73.9 cm³/mol. The van der Waals surface area contributed by atoms with E-state index in [-0.39, 0.29) is 0 Å². The average molecular weight is 247 g/mol. The highest BCUT2D eigenvalue weighted by Gasteiger charge is 2.05. The molecule has 0 unspecified atom stereocenters. The van der Waals surface area contributed by atoms with Gasteiger partial charge in [0.2, 0.25) is 0 Å². The third kappa shape index (κ3) is 4.68. The van der Waals surface area contributed by atoms with Crippen molar-refractivity contribution in [3.05, 3.63) is 23.8 Å². The van der Waals surface area contributed by atoms with Gasteiger partial charge in [-0.15, -0.1) is 0 Å². The van der Waals surface area contributed by atoms with Gasteiger partial charge in [0.1, 0.15) is 0 Å². The lowest BCUT2D eigenvalue weighted by Gasteiger charge is -2.12. The minimum absolute atomic E-state index is 0.360. The molecule has 1 rings (SSSR count). The first-order chi connectivity index (χ1) is 8.81. The van der Waals surface area contributed by atoms with Gasteiger partial charge in [-0.25, -0.2) is 0 Å². The third-order valence-corrected chi connectivity index (χ3v) is 2.20. The Kier molecular flexibility index (Phi) is 6.75. The molecule has 0 saturated heterocycles. The molecule has 1 aromatic carbocycles. The van der Waals surface area contributed by atoms with Crippen molar-refractivity contribution in [1.29, 1.82) is 0 Å². The zero-order valence-electron chi connectivity index (χ0n) is 11.2.